The summed E-state index contributed by atoms with van der Waals surface area (Å²) in [6.45, 7) is 6.21. The van der Waals surface area contributed by atoms with Gasteiger partial charge in [0.05, 0.1) is 6.07 Å². The minimum Gasteiger partial charge on any atom is -0.328 e. The van der Waals surface area contributed by atoms with Crippen molar-refractivity contribution in [3.05, 3.63) is 35.5 Å². The minimum atomic E-state index is -0.106. The molecular weight excluding hydrogens is 196 g/mol. The molecule has 0 saturated heterocycles. The second kappa shape index (κ2) is 4.02. The van der Waals surface area contributed by atoms with Crippen molar-refractivity contribution < 1.29 is 0 Å². The number of nitrogens with zero attached hydrogens (tertiary/aromatic N) is 2. The molecular formula is C14H16N2. The molecule has 0 aliphatic heterocycles. The summed E-state index contributed by atoms with van der Waals surface area (Å²) in [5, 5.41) is 10.4. The molecule has 2 aromatic rings. The number of aromatic nitrogens is 1. The van der Waals surface area contributed by atoms with Crippen LogP contribution >= 0.6 is 0 Å². The highest BCUT2D eigenvalue weighted by molar-refractivity contribution is 5.85. The predicted octanol–water partition coefficient (Wildman–Crippen LogP) is 3.60. The Kier molecular flexibility index (Phi) is 2.70. The van der Waals surface area contributed by atoms with Crippen LogP contribution in [0, 0.1) is 18.3 Å². The number of benzene rings is 1. The first kappa shape index (κ1) is 10.8. The molecule has 0 aliphatic rings. The van der Waals surface area contributed by atoms with E-state index in [2.05, 4.69) is 42.7 Å². The third kappa shape index (κ3) is 1.40. The maximum Gasteiger partial charge on any atom is 0.118 e. The second-order valence-electron chi connectivity index (χ2n) is 4.11. The molecule has 0 bridgehead atoms. The van der Waals surface area contributed by atoms with Gasteiger partial charge in [0.1, 0.15) is 6.04 Å². The van der Waals surface area contributed by atoms with Gasteiger partial charge in [0.2, 0.25) is 0 Å². The van der Waals surface area contributed by atoms with Crippen LogP contribution in [0.1, 0.15) is 31.1 Å². The summed E-state index contributed by atoms with van der Waals surface area (Å²) in [6.07, 6.45) is 1.01. The molecule has 2 heteroatoms. The van der Waals surface area contributed by atoms with E-state index in [0.29, 0.717) is 0 Å². The summed E-state index contributed by atoms with van der Waals surface area (Å²) in [6, 6.07) is 10.5. The summed E-state index contributed by atoms with van der Waals surface area (Å²) in [4.78, 5) is 0. The maximum atomic E-state index is 9.08. The van der Waals surface area contributed by atoms with E-state index >= 15 is 0 Å². The zero-order valence-electron chi connectivity index (χ0n) is 9.99. The van der Waals surface area contributed by atoms with Crippen LogP contribution < -0.4 is 0 Å². The van der Waals surface area contributed by atoms with Gasteiger partial charge in [0, 0.05) is 16.6 Å². The van der Waals surface area contributed by atoms with Crippen LogP contribution in [0.15, 0.2) is 24.3 Å². The molecule has 1 heterocycles. The van der Waals surface area contributed by atoms with Crippen molar-refractivity contribution in [3.8, 4) is 6.07 Å². The largest absolute Gasteiger partial charge is 0.328 e. The van der Waals surface area contributed by atoms with Crippen molar-refractivity contribution in [1.29, 1.82) is 5.26 Å². The third-order valence-corrected chi connectivity index (χ3v) is 3.21. The first-order chi connectivity index (χ1) is 7.70. The number of rotatable bonds is 2. The first-order valence-electron chi connectivity index (χ1n) is 5.68. The zero-order valence-corrected chi connectivity index (χ0v) is 9.99. The van der Waals surface area contributed by atoms with Gasteiger partial charge in [0.25, 0.3) is 0 Å². The Morgan fingerprint density at radius 3 is 2.69 bits per heavy atom. The molecule has 0 N–H and O–H groups in total. The van der Waals surface area contributed by atoms with Crippen LogP contribution in [0.5, 0.6) is 0 Å². The van der Waals surface area contributed by atoms with E-state index in [0.717, 1.165) is 6.42 Å². The lowest BCUT2D eigenvalue weighted by Gasteiger charge is -2.10. The second-order valence-corrected chi connectivity index (χ2v) is 4.11. The van der Waals surface area contributed by atoms with Crippen LogP contribution in [0.4, 0.5) is 0 Å². The molecule has 2 rings (SSSR count). The van der Waals surface area contributed by atoms with Gasteiger partial charge in [-0.15, -0.1) is 0 Å². The first-order valence-corrected chi connectivity index (χ1v) is 5.68. The number of fused-ring (bicyclic) bond motifs is 1. The van der Waals surface area contributed by atoms with Gasteiger partial charge >= 0.3 is 0 Å². The monoisotopic (exact) mass is 212 g/mol. The van der Waals surface area contributed by atoms with E-state index < -0.39 is 0 Å². The van der Waals surface area contributed by atoms with Crippen LogP contribution in [-0.2, 0) is 6.42 Å². The number of nitriles is 1. The molecule has 1 aromatic carbocycles. The summed E-state index contributed by atoms with van der Waals surface area (Å²) in [7, 11) is 0. The van der Waals surface area contributed by atoms with Crippen molar-refractivity contribution in [2.45, 2.75) is 33.2 Å². The summed E-state index contributed by atoms with van der Waals surface area (Å²) in [5.74, 6) is 0. The molecule has 82 valence electrons. The van der Waals surface area contributed by atoms with Gasteiger partial charge < -0.3 is 4.57 Å². The Hall–Kier alpha value is -1.75. The molecule has 16 heavy (non-hydrogen) atoms. The van der Waals surface area contributed by atoms with E-state index in [1.54, 1.807) is 0 Å². The van der Waals surface area contributed by atoms with Gasteiger partial charge in [0.15, 0.2) is 0 Å². The molecule has 2 nitrogen and oxygen atoms in total. The highest BCUT2D eigenvalue weighted by Crippen LogP contribution is 2.28. The zero-order chi connectivity index (χ0) is 11.7. The average molecular weight is 212 g/mol. The number of hydrogen-bond acceptors (Lipinski definition) is 1. The van der Waals surface area contributed by atoms with E-state index in [-0.39, 0.29) is 6.04 Å². The smallest absolute Gasteiger partial charge is 0.118 e. The molecule has 1 atom stereocenters. The topological polar surface area (TPSA) is 28.7 Å². The number of hydrogen-bond donors (Lipinski definition) is 0. The van der Waals surface area contributed by atoms with Crippen LogP contribution in [0.2, 0.25) is 0 Å². The van der Waals surface area contributed by atoms with E-state index in [4.69, 9.17) is 5.26 Å². The van der Waals surface area contributed by atoms with Gasteiger partial charge in [-0.05, 0) is 31.9 Å². The fraction of sp³-hybridized carbons (Fsp3) is 0.357. The highest BCUT2D eigenvalue weighted by atomic mass is 15.0. The maximum absolute atomic E-state index is 9.08. The van der Waals surface area contributed by atoms with Crippen molar-refractivity contribution in [3.63, 3.8) is 0 Å². The lowest BCUT2D eigenvalue weighted by atomic mass is 10.1. The Labute approximate surface area is 96.1 Å². The van der Waals surface area contributed by atoms with Crippen molar-refractivity contribution in [1.82, 2.24) is 4.57 Å². The van der Waals surface area contributed by atoms with Crippen molar-refractivity contribution >= 4 is 10.9 Å². The van der Waals surface area contributed by atoms with Gasteiger partial charge in [-0.25, -0.2) is 0 Å². The van der Waals surface area contributed by atoms with Crippen LogP contribution in [0.3, 0.4) is 0 Å². The van der Waals surface area contributed by atoms with E-state index in [9.17, 15) is 0 Å². The van der Waals surface area contributed by atoms with Crippen LogP contribution in [-0.4, -0.2) is 4.57 Å². The van der Waals surface area contributed by atoms with Crippen LogP contribution in [0.25, 0.3) is 10.9 Å². The molecule has 0 saturated carbocycles. The molecule has 1 unspecified atom stereocenters. The summed E-state index contributed by atoms with van der Waals surface area (Å²) in [5.41, 5.74) is 3.75. The molecule has 0 radical (unpaired) electrons. The lowest BCUT2D eigenvalue weighted by Crippen LogP contribution is -2.04. The molecule has 0 amide bonds. The van der Waals surface area contributed by atoms with Gasteiger partial charge in [-0.1, -0.05) is 25.1 Å². The Morgan fingerprint density at radius 1 is 1.38 bits per heavy atom. The standard InChI is InChI=1S/C14H16N2/c1-4-12-11(3)16(10(2)9-15)14-8-6-5-7-13(12)14/h5-8,10H,4H2,1-3H3. The fourth-order valence-corrected chi connectivity index (χ4v) is 2.46. The predicted molar refractivity (Wildman–Crippen MR) is 66.4 cm³/mol. The normalized spacial score (nSPS) is 12.6. The highest BCUT2D eigenvalue weighted by Gasteiger charge is 2.15. The van der Waals surface area contributed by atoms with Gasteiger partial charge in [-0.2, -0.15) is 5.26 Å². The fourth-order valence-electron chi connectivity index (χ4n) is 2.46. The number of aryl methyl sites for hydroxylation is 1. The van der Waals surface area contributed by atoms with Crippen molar-refractivity contribution in [2.75, 3.05) is 0 Å². The van der Waals surface area contributed by atoms with Crippen molar-refractivity contribution in [2.24, 2.45) is 0 Å². The minimum absolute atomic E-state index is 0.106. The quantitative estimate of drug-likeness (QED) is 0.747. The van der Waals surface area contributed by atoms with Gasteiger partial charge in [-0.3, -0.25) is 0 Å². The summed E-state index contributed by atoms with van der Waals surface area (Å²) >= 11 is 0. The molecule has 0 spiro atoms. The SMILES string of the molecule is CCc1c(C)n(C(C)C#N)c2ccccc12. The Morgan fingerprint density at radius 2 is 2.06 bits per heavy atom. The number of para-hydroxylation sites is 1. The molecule has 0 aliphatic carbocycles. The average Bonchev–Trinajstić information content (AvgIpc) is 2.60. The lowest BCUT2D eigenvalue weighted by molar-refractivity contribution is 0.677. The van der Waals surface area contributed by atoms with E-state index in [1.165, 1.54) is 22.2 Å². The molecule has 1 aromatic heterocycles. The molecule has 0 fully saturated rings. The Bertz CT molecular complexity index is 558. The van der Waals surface area contributed by atoms with E-state index in [1.807, 2.05) is 13.0 Å². The Balaban J connectivity index is 2.83. The summed E-state index contributed by atoms with van der Waals surface area (Å²) < 4.78 is 2.13. The third-order valence-electron chi connectivity index (χ3n) is 3.21.